The fraction of sp³-hybridized carbons (Fsp3) is 0.769. The van der Waals surface area contributed by atoms with Crippen molar-refractivity contribution >= 4 is 16.5 Å². The molecule has 1 N–H and O–H groups in total. The minimum Gasteiger partial charge on any atom is -0.372 e. The zero-order valence-corrected chi connectivity index (χ0v) is 12.6. The average molecular weight is 269 g/mol. The lowest BCUT2D eigenvalue weighted by Crippen LogP contribution is -2.48. The van der Waals surface area contributed by atoms with Crippen molar-refractivity contribution in [3.63, 3.8) is 0 Å². The molecule has 0 saturated carbocycles. The fourth-order valence-electron chi connectivity index (χ4n) is 2.26. The number of aromatic nitrogens is 1. The first kappa shape index (κ1) is 13.8. The van der Waals surface area contributed by atoms with Gasteiger partial charge < -0.3 is 15.0 Å². The molecule has 1 aliphatic rings. The summed E-state index contributed by atoms with van der Waals surface area (Å²) < 4.78 is 5.75. The van der Waals surface area contributed by atoms with Crippen LogP contribution in [0.25, 0.3) is 0 Å². The fourth-order valence-corrected chi connectivity index (χ4v) is 3.45. The number of ether oxygens (including phenoxy) is 1. The Morgan fingerprint density at radius 1 is 1.50 bits per heavy atom. The summed E-state index contributed by atoms with van der Waals surface area (Å²) in [6.07, 6.45) is 1.00. The quantitative estimate of drug-likeness (QED) is 0.907. The van der Waals surface area contributed by atoms with Crippen LogP contribution in [0, 0.1) is 0 Å². The molecule has 0 bridgehead atoms. The molecule has 2 rings (SSSR count). The number of thiazole rings is 1. The molecule has 0 atom stereocenters. The van der Waals surface area contributed by atoms with E-state index in [0.29, 0.717) is 0 Å². The lowest BCUT2D eigenvalue weighted by Gasteiger charge is -2.38. The zero-order valence-electron chi connectivity index (χ0n) is 11.7. The van der Waals surface area contributed by atoms with Crippen molar-refractivity contribution in [1.29, 1.82) is 0 Å². The Bertz CT molecular complexity index is 403. The smallest absolute Gasteiger partial charge is 0.186 e. The molecular formula is C13H23N3OS. The minimum atomic E-state index is -0.0700. The highest BCUT2D eigenvalue weighted by Crippen LogP contribution is 2.30. The van der Waals surface area contributed by atoms with Crippen molar-refractivity contribution in [3.05, 3.63) is 10.6 Å². The Kier molecular flexibility index (Phi) is 4.25. The van der Waals surface area contributed by atoms with Gasteiger partial charge in [-0.25, -0.2) is 4.98 Å². The van der Waals surface area contributed by atoms with Crippen molar-refractivity contribution in [2.45, 2.75) is 39.3 Å². The van der Waals surface area contributed by atoms with Crippen LogP contribution in [0.15, 0.2) is 0 Å². The number of nitrogens with one attached hydrogen (secondary N) is 1. The van der Waals surface area contributed by atoms with Crippen LogP contribution in [-0.4, -0.2) is 37.3 Å². The van der Waals surface area contributed by atoms with Gasteiger partial charge >= 0.3 is 0 Å². The predicted molar refractivity (Wildman–Crippen MR) is 76.5 cm³/mol. The van der Waals surface area contributed by atoms with Gasteiger partial charge in [0, 0.05) is 24.5 Å². The molecule has 5 heteroatoms. The third-order valence-corrected chi connectivity index (χ3v) is 4.29. The molecule has 1 aromatic heterocycles. The van der Waals surface area contributed by atoms with Crippen molar-refractivity contribution in [2.24, 2.45) is 0 Å². The molecule has 1 aliphatic heterocycles. The topological polar surface area (TPSA) is 37.4 Å². The molecule has 1 aromatic rings. The van der Waals surface area contributed by atoms with Crippen LogP contribution in [0.2, 0.25) is 0 Å². The summed E-state index contributed by atoms with van der Waals surface area (Å²) in [6.45, 7) is 10.0. The van der Waals surface area contributed by atoms with Gasteiger partial charge in [0.1, 0.15) is 0 Å². The van der Waals surface area contributed by atoms with E-state index < -0.39 is 0 Å². The Morgan fingerprint density at radius 3 is 2.89 bits per heavy atom. The highest BCUT2D eigenvalue weighted by atomic mass is 32.1. The molecule has 2 heterocycles. The molecule has 0 unspecified atom stereocenters. The first-order valence-corrected chi connectivity index (χ1v) is 7.39. The van der Waals surface area contributed by atoms with Gasteiger partial charge in [-0.15, -0.1) is 11.3 Å². The predicted octanol–water partition coefficient (Wildman–Crippen LogP) is 2.04. The molecule has 0 radical (unpaired) electrons. The second kappa shape index (κ2) is 5.55. The molecule has 0 spiro atoms. The SMILES string of the molecule is CCc1nc(N2CCOC(C)(C)C2)sc1CNC. The molecule has 1 saturated heterocycles. The number of anilines is 1. The third kappa shape index (κ3) is 3.02. The maximum atomic E-state index is 5.75. The van der Waals surface area contributed by atoms with Crippen LogP contribution >= 0.6 is 11.3 Å². The van der Waals surface area contributed by atoms with Crippen molar-refractivity contribution in [1.82, 2.24) is 10.3 Å². The van der Waals surface area contributed by atoms with E-state index in [1.54, 1.807) is 0 Å². The number of hydrogen-bond acceptors (Lipinski definition) is 5. The van der Waals surface area contributed by atoms with E-state index in [0.717, 1.165) is 37.8 Å². The van der Waals surface area contributed by atoms with Crippen molar-refractivity contribution in [3.8, 4) is 0 Å². The number of hydrogen-bond donors (Lipinski definition) is 1. The number of rotatable bonds is 4. The molecule has 1 fully saturated rings. The van der Waals surface area contributed by atoms with Crippen molar-refractivity contribution in [2.75, 3.05) is 31.6 Å². The van der Waals surface area contributed by atoms with Crippen LogP contribution < -0.4 is 10.2 Å². The summed E-state index contributed by atoms with van der Waals surface area (Å²) in [6, 6.07) is 0. The van der Waals surface area contributed by atoms with Gasteiger partial charge in [0.25, 0.3) is 0 Å². The Hall–Kier alpha value is -0.650. The summed E-state index contributed by atoms with van der Waals surface area (Å²) in [4.78, 5) is 8.50. The van der Waals surface area contributed by atoms with Crippen LogP contribution in [0.5, 0.6) is 0 Å². The van der Waals surface area contributed by atoms with E-state index in [2.05, 4.69) is 31.0 Å². The lowest BCUT2D eigenvalue weighted by molar-refractivity contribution is -0.0277. The highest BCUT2D eigenvalue weighted by Gasteiger charge is 2.29. The van der Waals surface area contributed by atoms with Gasteiger partial charge in [0.2, 0.25) is 0 Å². The Balaban J connectivity index is 2.17. The van der Waals surface area contributed by atoms with Gasteiger partial charge in [-0.05, 0) is 27.3 Å². The maximum Gasteiger partial charge on any atom is 0.186 e. The Morgan fingerprint density at radius 2 is 2.28 bits per heavy atom. The van der Waals surface area contributed by atoms with Gasteiger partial charge in [-0.2, -0.15) is 0 Å². The normalized spacial score (nSPS) is 19.2. The van der Waals surface area contributed by atoms with Gasteiger partial charge in [0.15, 0.2) is 5.13 Å². The van der Waals surface area contributed by atoms with Crippen LogP contribution in [-0.2, 0) is 17.7 Å². The van der Waals surface area contributed by atoms with E-state index in [1.165, 1.54) is 10.6 Å². The summed E-state index contributed by atoms with van der Waals surface area (Å²) in [5.74, 6) is 0. The summed E-state index contributed by atoms with van der Waals surface area (Å²) >= 11 is 1.81. The van der Waals surface area contributed by atoms with Crippen LogP contribution in [0.4, 0.5) is 5.13 Å². The minimum absolute atomic E-state index is 0.0700. The monoisotopic (exact) mass is 269 g/mol. The highest BCUT2D eigenvalue weighted by molar-refractivity contribution is 7.15. The number of nitrogens with zero attached hydrogens (tertiary/aromatic N) is 2. The second-order valence-corrected chi connectivity index (χ2v) is 6.34. The van der Waals surface area contributed by atoms with E-state index in [1.807, 2.05) is 18.4 Å². The summed E-state index contributed by atoms with van der Waals surface area (Å²) in [5, 5.41) is 4.37. The molecule has 0 aliphatic carbocycles. The second-order valence-electron chi connectivity index (χ2n) is 5.28. The molecule has 0 aromatic carbocycles. The van der Waals surface area contributed by atoms with E-state index in [-0.39, 0.29) is 5.60 Å². The summed E-state index contributed by atoms with van der Waals surface area (Å²) in [5.41, 5.74) is 1.16. The van der Waals surface area contributed by atoms with Crippen LogP contribution in [0.1, 0.15) is 31.3 Å². The molecule has 102 valence electrons. The first-order chi connectivity index (χ1) is 8.55. The lowest BCUT2D eigenvalue weighted by atomic mass is 10.1. The molecule has 18 heavy (non-hydrogen) atoms. The van der Waals surface area contributed by atoms with E-state index in [9.17, 15) is 0 Å². The molecule has 0 amide bonds. The third-order valence-electron chi connectivity index (χ3n) is 3.14. The largest absolute Gasteiger partial charge is 0.372 e. The Labute approximate surface area is 113 Å². The van der Waals surface area contributed by atoms with E-state index in [4.69, 9.17) is 9.72 Å². The maximum absolute atomic E-state index is 5.75. The van der Waals surface area contributed by atoms with Gasteiger partial charge in [-0.3, -0.25) is 0 Å². The van der Waals surface area contributed by atoms with Crippen molar-refractivity contribution < 1.29 is 4.74 Å². The molecule has 4 nitrogen and oxygen atoms in total. The average Bonchev–Trinajstić information content (AvgIpc) is 2.71. The first-order valence-electron chi connectivity index (χ1n) is 6.58. The zero-order chi connectivity index (χ0) is 13.2. The summed E-state index contributed by atoms with van der Waals surface area (Å²) in [7, 11) is 1.98. The number of morpholine rings is 1. The number of aryl methyl sites for hydroxylation is 1. The van der Waals surface area contributed by atoms with E-state index >= 15 is 0 Å². The standard InChI is InChI=1S/C13H23N3OS/c1-5-10-11(8-14-4)18-12(15-10)16-6-7-17-13(2,3)9-16/h14H,5-9H2,1-4H3. The molecular weight excluding hydrogens is 246 g/mol. The van der Waals surface area contributed by atoms with Gasteiger partial charge in [0.05, 0.1) is 17.9 Å². The van der Waals surface area contributed by atoms with Gasteiger partial charge in [-0.1, -0.05) is 6.92 Å². The van der Waals surface area contributed by atoms with Crippen LogP contribution in [0.3, 0.4) is 0 Å².